The largest absolute Gasteiger partial charge is 0.494 e. The molecule has 1 aliphatic rings. The number of carbonyl (C=O) groups excluding carboxylic acids is 1. The molecule has 2 aromatic carbocycles. The molecule has 0 spiro atoms. The summed E-state index contributed by atoms with van der Waals surface area (Å²) in [7, 11) is 1.29. The van der Waals surface area contributed by atoms with E-state index in [1.807, 2.05) is 0 Å². The molecule has 4 aromatic rings. The molecule has 8 nitrogen and oxygen atoms in total. The number of aliphatic hydroxyl groups is 2. The minimum Gasteiger partial charge on any atom is -0.494 e. The van der Waals surface area contributed by atoms with E-state index in [1.165, 1.54) is 33.1 Å². The van der Waals surface area contributed by atoms with Crippen LogP contribution in [0.4, 0.5) is 22.0 Å². The zero-order valence-corrected chi connectivity index (χ0v) is 23.8. The van der Waals surface area contributed by atoms with Crippen molar-refractivity contribution in [1.82, 2.24) is 20.1 Å². The molecule has 0 radical (unpaired) electrons. The fourth-order valence-corrected chi connectivity index (χ4v) is 5.08. The highest BCUT2D eigenvalue weighted by Gasteiger charge is 2.47. The number of ether oxygens (including phenoxy) is 1. The van der Waals surface area contributed by atoms with Crippen LogP contribution in [0.1, 0.15) is 54.9 Å². The Morgan fingerprint density at radius 2 is 1.86 bits per heavy atom. The Labute approximate surface area is 247 Å². The van der Waals surface area contributed by atoms with Gasteiger partial charge in [0.1, 0.15) is 33.4 Å². The molecule has 2 heterocycles. The third kappa shape index (κ3) is 5.64. The molecule has 1 saturated carbocycles. The Bertz CT molecular complexity index is 1740. The van der Waals surface area contributed by atoms with E-state index in [1.54, 1.807) is 0 Å². The monoisotopic (exact) mass is 624 g/mol. The number of hydrogen-bond donors (Lipinski definition) is 3. The standard InChI is InChI=1S/C29H26ClF5N4O4/c1-28(2,41)17-10-20(37-25(23(17)33)16-6-7-18(31)21(30)22(16)32)29(42,15-4-5-15)12-36-26(40)13-8-14-11-39(27(34)35)38-24(14)19(9-13)43-3/h6-11,15,27,41-42H,4-5,12H2,1-3H3,(H,36,40)/t29-/m1/s1. The maximum atomic E-state index is 15.7. The van der Waals surface area contributed by atoms with Crippen molar-refractivity contribution in [3.8, 4) is 17.0 Å². The number of aromatic nitrogens is 3. The van der Waals surface area contributed by atoms with E-state index in [4.69, 9.17) is 16.3 Å². The molecule has 0 unspecified atom stereocenters. The summed E-state index contributed by atoms with van der Waals surface area (Å²) in [4.78, 5) is 17.4. The van der Waals surface area contributed by atoms with Crippen LogP contribution in [0, 0.1) is 23.4 Å². The number of nitrogens with one attached hydrogen (secondary N) is 1. The Morgan fingerprint density at radius 1 is 1.16 bits per heavy atom. The highest BCUT2D eigenvalue weighted by Crippen LogP contribution is 2.47. The number of benzene rings is 2. The first kappa shape index (κ1) is 30.6. The van der Waals surface area contributed by atoms with E-state index in [9.17, 15) is 32.6 Å². The smallest absolute Gasteiger partial charge is 0.333 e. The number of methoxy groups -OCH3 is 1. The van der Waals surface area contributed by atoms with E-state index >= 15 is 4.39 Å². The summed E-state index contributed by atoms with van der Waals surface area (Å²) in [5.74, 6) is -4.55. The second-order valence-corrected chi connectivity index (χ2v) is 11.3. The summed E-state index contributed by atoms with van der Waals surface area (Å²) < 4.78 is 76.6. The lowest BCUT2D eigenvalue weighted by molar-refractivity contribution is 0.00863. The van der Waals surface area contributed by atoms with E-state index in [0.717, 1.165) is 24.4 Å². The van der Waals surface area contributed by atoms with Gasteiger partial charge in [0.2, 0.25) is 0 Å². The number of alkyl halides is 2. The first-order valence-corrected chi connectivity index (χ1v) is 13.5. The minimum atomic E-state index is -2.91. The number of carbonyl (C=O) groups is 1. The third-order valence-corrected chi connectivity index (χ3v) is 7.74. The SMILES string of the molecule is COc1cc(C(=O)NC[C@](O)(c2cc(C(C)(C)O)c(F)c(-c3ccc(F)c(Cl)c3F)n2)C2CC2)cc2cn(C(F)F)nc12. The summed E-state index contributed by atoms with van der Waals surface area (Å²) in [5, 5.41) is 28.3. The van der Waals surface area contributed by atoms with Gasteiger partial charge in [0.15, 0.2) is 11.6 Å². The Kier molecular flexibility index (Phi) is 7.86. The molecule has 0 bridgehead atoms. The van der Waals surface area contributed by atoms with Crippen LogP contribution in [0.25, 0.3) is 22.2 Å². The number of halogens is 6. The highest BCUT2D eigenvalue weighted by atomic mass is 35.5. The van der Waals surface area contributed by atoms with Crippen molar-refractivity contribution in [1.29, 1.82) is 0 Å². The fourth-order valence-electron chi connectivity index (χ4n) is 4.91. The molecule has 43 heavy (non-hydrogen) atoms. The molecular weight excluding hydrogens is 599 g/mol. The van der Waals surface area contributed by atoms with Crippen LogP contribution in [-0.2, 0) is 11.2 Å². The van der Waals surface area contributed by atoms with Crippen molar-refractivity contribution in [3.05, 3.63) is 75.8 Å². The maximum Gasteiger partial charge on any atom is 0.333 e. The van der Waals surface area contributed by atoms with Gasteiger partial charge in [-0.05, 0) is 62.9 Å². The van der Waals surface area contributed by atoms with Gasteiger partial charge in [0.25, 0.3) is 5.91 Å². The summed E-state index contributed by atoms with van der Waals surface area (Å²) in [6.45, 7) is -0.789. The van der Waals surface area contributed by atoms with Crippen molar-refractivity contribution in [3.63, 3.8) is 0 Å². The third-order valence-electron chi connectivity index (χ3n) is 7.40. The van der Waals surface area contributed by atoms with Gasteiger partial charge in [-0.3, -0.25) is 4.79 Å². The molecule has 0 aliphatic heterocycles. The molecule has 0 saturated heterocycles. The van der Waals surface area contributed by atoms with Gasteiger partial charge in [-0.1, -0.05) is 11.6 Å². The minimum absolute atomic E-state index is 0.0178. The van der Waals surface area contributed by atoms with Gasteiger partial charge in [0, 0.05) is 28.3 Å². The van der Waals surface area contributed by atoms with Crippen LogP contribution >= 0.6 is 11.6 Å². The Balaban J connectivity index is 1.54. The lowest BCUT2D eigenvalue weighted by Gasteiger charge is -2.31. The normalized spacial score (nSPS) is 15.2. The van der Waals surface area contributed by atoms with Crippen LogP contribution in [0.3, 0.4) is 0 Å². The predicted octanol–water partition coefficient (Wildman–Crippen LogP) is 5.83. The summed E-state index contributed by atoms with van der Waals surface area (Å²) >= 11 is 5.72. The molecule has 1 fully saturated rings. The van der Waals surface area contributed by atoms with Gasteiger partial charge >= 0.3 is 6.55 Å². The number of rotatable bonds is 9. The van der Waals surface area contributed by atoms with Crippen molar-refractivity contribution in [2.24, 2.45) is 5.92 Å². The molecular formula is C29H26ClF5N4O4. The second kappa shape index (κ2) is 11.0. The van der Waals surface area contributed by atoms with Crippen LogP contribution < -0.4 is 10.1 Å². The lowest BCUT2D eigenvalue weighted by atomic mass is 9.87. The maximum absolute atomic E-state index is 15.7. The molecule has 228 valence electrons. The van der Waals surface area contributed by atoms with Crippen molar-refractivity contribution < 1.29 is 41.7 Å². The van der Waals surface area contributed by atoms with Gasteiger partial charge < -0.3 is 20.3 Å². The zero-order chi connectivity index (χ0) is 31.4. The Hall–Kier alpha value is -3.81. The van der Waals surface area contributed by atoms with Gasteiger partial charge in [-0.25, -0.2) is 22.8 Å². The predicted molar refractivity (Wildman–Crippen MR) is 146 cm³/mol. The van der Waals surface area contributed by atoms with E-state index in [2.05, 4.69) is 15.4 Å². The summed E-state index contributed by atoms with van der Waals surface area (Å²) in [5.41, 5.74) is -5.21. The zero-order valence-electron chi connectivity index (χ0n) is 23.1. The summed E-state index contributed by atoms with van der Waals surface area (Å²) in [6, 6.07) is 5.55. The van der Waals surface area contributed by atoms with Crippen molar-refractivity contribution in [2.75, 3.05) is 13.7 Å². The van der Waals surface area contributed by atoms with E-state index in [-0.39, 0.29) is 33.5 Å². The number of fused-ring (bicyclic) bond motifs is 1. The van der Waals surface area contributed by atoms with Gasteiger partial charge in [-0.2, -0.15) is 13.9 Å². The van der Waals surface area contributed by atoms with Crippen LogP contribution in [0.2, 0.25) is 5.02 Å². The molecule has 1 amide bonds. The van der Waals surface area contributed by atoms with E-state index in [0.29, 0.717) is 17.5 Å². The second-order valence-electron chi connectivity index (χ2n) is 10.9. The van der Waals surface area contributed by atoms with Gasteiger partial charge in [-0.15, -0.1) is 0 Å². The summed E-state index contributed by atoms with van der Waals surface area (Å²) in [6.07, 6.45) is 2.09. The number of nitrogens with zero attached hydrogens (tertiary/aromatic N) is 3. The quantitative estimate of drug-likeness (QED) is 0.160. The van der Waals surface area contributed by atoms with Crippen molar-refractivity contribution in [2.45, 2.75) is 44.4 Å². The molecule has 3 N–H and O–H groups in total. The molecule has 1 aliphatic carbocycles. The number of hydrogen-bond acceptors (Lipinski definition) is 6. The first-order valence-electron chi connectivity index (χ1n) is 13.1. The molecule has 1 atom stereocenters. The van der Waals surface area contributed by atoms with Crippen molar-refractivity contribution >= 4 is 28.4 Å². The van der Waals surface area contributed by atoms with Gasteiger partial charge in [0.05, 0.1) is 24.9 Å². The van der Waals surface area contributed by atoms with E-state index < -0.39 is 69.9 Å². The topological polar surface area (TPSA) is 110 Å². The van der Waals surface area contributed by atoms with Crippen LogP contribution in [-0.4, -0.2) is 44.5 Å². The molecule has 14 heteroatoms. The average Bonchev–Trinajstić information content (AvgIpc) is 3.72. The Morgan fingerprint density at radius 3 is 2.47 bits per heavy atom. The van der Waals surface area contributed by atoms with Crippen LogP contribution in [0.15, 0.2) is 36.5 Å². The number of pyridine rings is 1. The fraction of sp³-hybridized carbons (Fsp3) is 0.345. The average molecular weight is 625 g/mol. The van der Waals surface area contributed by atoms with Crippen LogP contribution in [0.5, 0.6) is 5.75 Å². The molecule has 5 rings (SSSR count). The number of amides is 1. The lowest BCUT2D eigenvalue weighted by Crippen LogP contribution is -2.43. The first-order chi connectivity index (χ1) is 20.1. The molecule has 2 aromatic heterocycles. The highest BCUT2D eigenvalue weighted by molar-refractivity contribution is 6.31.